The largest absolute Gasteiger partial charge is 0.348 e. The highest BCUT2D eigenvalue weighted by Gasteiger charge is 2.29. The van der Waals surface area contributed by atoms with Gasteiger partial charge in [0.15, 0.2) is 0 Å². The molecule has 0 radical (unpaired) electrons. The Bertz CT molecular complexity index is 644. The minimum absolute atomic E-state index is 0.0104. The molecule has 2 atom stereocenters. The van der Waals surface area contributed by atoms with Crippen molar-refractivity contribution in [3.8, 4) is 0 Å². The van der Waals surface area contributed by atoms with Crippen molar-refractivity contribution in [1.82, 2.24) is 15.3 Å². The predicted octanol–water partition coefficient (Wildman–Crippen LogP) is 3.27. The van der Waals surface area contributed by atoms with Crippen LogP contribution in [0.2, 0.25) is 0 Å². The molecular formula is C18H24N4OS. The summed E-state index contributed by atoms with van der Waals surface area (Å²) in [6.45, 7) is 5.89. The minimum Gasteiger partial charge on any atom is -0.348 e. The van der Waals surface area contributed by atoms with Crippen LogP contribution in [0.1, 0.15) is 37.6 Å². The zero-order valence-corrected chi connectivity index (χ0v) is 15.0. The number of aromatic nitrogens is 2. The Balaban J connectivity index is 1.66. The van der Waals surface area contributed by atoms with Gasteiger partial charge in [-0.15, -0.1) is 11.3 Å². The Morgan fingerprint density at radius 1 is 1.33 bits per heavy atom. The third-order valence-corrected chi connectivity index (χ3v) is 5.40. The van der Waals surface area contributed by atoms with E-state index < -0.39 is 0 Å². The van der Waals surface area contributed by atoms with Gasteiger partial charge in [0.25, 0.3) is 0 Å². The number of thiophene rings is 1. The lowest BCUT2D eigenvalue weighted by atomic mass is 9.95. The van der Waals surface area contributed by atoms with Crippen molar-refractivity contribution in [2.24, 2.45) is 11.8 Å². The van der Waals surface area contributed by atoms with E-state index in [1.54, 1.807) is 23.7 Å². The number of carbonyl (C=O) groups is 1. The van der Waals surface area contributed by atoms with Gasteiger partial charge in [-0.2, -0.15) is 0 Å². The van der Waals surface area contributed by atoms with Crippen molar-refractivity contribution < 1.29 is 4.79 Å². The Morgan fingerprint density at radius 3 is 2.79 bits per heavy atom. The summed E-state index contributed by atoms with van der Waals surface area (Å²) in [6, 6.07) is 6.03. The summed E-state index contributed by atoms with van der Waals surface area (Å²) in [5, 5.41) is 5.33. The molecule has 0 aromatic carbocycles. The molecule has 1 aliphatic rings. The minimum atomic E-state index is -0.0104. The molecule has 128 valence electrons. The summed E-state index contributed by atoms with van der Waals surface area (Å²) in [5.74, 6) is 1.21. The van der Waals surface area contributed by atoms with Crippen molar-refractivity contribution >= 4 is 23.2 Å². The molecule has 1 N–H and O–H groups in total. The van der Waals surface area contributed by atoms with Gasteiger partial charge in [-0.3, -0.25) is 4.79 Å². The van der Waals surface area contributed by atoms with Gasteiger partial charge in [0.05, 0.1) is 12.0 Å². The molecule has 1 aliphatic heterocycles. The lowest BCUT2D eigenvalue weighted by Crippen LogP contribution is -2.45. The fraction of sp³-hybridized carbons (Fsp3) is 0.500. The van der Waals surface area contributed by atoms with E-state index in [9.17, 15) is 4.79 Å². The van der Waals surface area contributed by atoms with Gasteiger partial charge in [0, 0.05) is 30.4 Å². The van der Waals surface area contributed by atoms with Crippen molar-refractivity contribution in [3.63, 3.8) is 0 Å². The van der Waals surface area contributed by atoms with E-state index in [0.717, 1.165) is 19.4 Å². The molecular weight excluding hydrogens is 320 g/mol. The second-order valence-corrected chi connectivity index (χ2v) is 7.56. The fourth-order valence-electron chi connectivity index (χ4n) is 3.13. The van der Waals surface area contributed by atoms with Crippen LogP contribution in [-0.4, -0.2) is 29.0 Å². The second-order valence-electron chi connectivity index (χ2n) is 6.58. The van der Waals surface area contributed by atoms with E-state index in [0.29, 0.717) is 18.4 Å². The van der Waals surface area contributed by atoms with Crippen LogP contribution in [0.15, 0.2) is 36.0 Å². The van der Waals surface area contributed by atoms with Crippen molar-refractivity contribution in [2.45, 2.75) is 32.7 Å². The average Bonchev–Trinajstić information content (AvgIpc) is 3.14. The number of rotatable bonds is 5. The average molecular weight is 344 g/mol. The zero-order valence-electron chi connectivity index (χ0n) is 14.2. The van der Waals surface area contributed by atoms with Crippen LogP contribution in [0, 0.1) is 11.8 Å². The third-order valence-electron chi connectivity index (χ3n) is 4.44. The van der Waals surface area contributed by atoms with Gasteiger partial charge in [-0.25, -0.2) is 9.97 Å². The molecule has 3 rings (SSSR count). The summed E-state index contributed by atoms with van der Waals surface area (Å²) in [7, 11) is 0. The number of piperidine rings is 1. The number of nitrogens with zero attached hydrogens (tertiary/aromatic N) is 3. The first-order valence-corrected chi connectivity index (χ1v) is 9.39. The molecule has 0 saturated carbocycles. The van der Waals surface area contributed by atoms with E-state index in [2.05, 4.69) is 45.5 Å². The van der Waals surface area contributed by atoms with Crippen molar-refractivity contribution in [3.05, 3.63) is 40.8 Å². The van der Waals surface area contributed by atoms with Crippen molar-refractivity contribution in [1.29, 1.82) is 0 Å². The predicted molar refractivity (Wildman–Crippen MR) is 97.0 cm³/mol. The summed E-state index contributed by atoms with van der Waals surface area (Å²) in [5.41, 5.74) is 0. The molecule has 0 spiro atoms. The molecule has 0 unspecified atom stereocenters. The van der Waals surface area contributed by atoms with Crippen LogP contribution in [-0.2, 0) is 4.79 Å². The lowest BCUT2D eigenvalue weighted by Gasteiger charge is -2.33. The van der Waals surface area contributed by atoms with E-state index in [4.69, 9.17) is 0 Å². The van der Waals surface area contributed by atoms with Gasteiger partial charge in [-0.1, -0.05) is 19.9 Å². The lowest BCUT2D eigenvalue weighted by molar-refractivity contribution is -0.126. The number of amides is 1. The Hall–Kier alpha value is -1.95. The quantitative estimate of drug-likeness (QED) is 0.904. The molecule has 5 nitrogen and oxygen atoms in total. The van der Waals surface area contributed by atoms with E-state index in [1.807, 2.05) is 12.1 Å². The third kappa shape index (κ3) is 3.93. The molecule has 0 bridgehead atoms. The summed E-state index contributed by atoms with van der Waals surface area (Å²) in [6.07, 6.45) is 5.40. The molecule has 6 heteroatoms. The van der Waals surface area contributed by atoms with Crippen LogP contribution >= 0.6 is 11.3 Å². The van der Waals surface area contributed by atoms with E-state index in [1.165, 1.54) is 4.88 Å². The highest BCUT2D eigenvalue weighted by Crippen LogP contribution is 2.27. The summed E-state index contributed by atoms with van der Waals surface area (Å²) >= 11 is 1.70. The van der Waals surface area contributed by atoms with Crippen LogP contribution in [0.25, 0.3) is 0 Å². The normalized spacial score (nSPS) is 19.3. The van der Waals surface area contributed by atoms with Gasteiger partial charge < -0.3 is 10.2 Å². The number of hydrogen-bond acceptors (Lipinski definition) is 5. The molecule has 0 aliphatic carbocycles. The molecule has 1 fully saturated rings. The number of carbonyl (C=O) groups excluding carboxylic acids is 1. The molecule has 2 aromatic heterocycles. The molecule has 1 saturated heterocycles. The Labute approximate surface area is 147 Å². The Morgan fingerprint density at radius 2 is 2.12 bits per heavy atom. The first-order valence-electron chi connectivity index (χ1n) is 8.51. The second kappa shape index (κ2) is 7.75. The standard InChI is InChI=1S/C18H24N4OS/c1-13(2)16(15-7-4-11-24-15)21-17(23)14-6-3-10-22(12-14)18-19-8-5-9-20-18/h4-5,7-9,11,13-14,16H,3,6,10,12H2,1-2H3,(H,21,23)/t14-,16+/m0/s1. The molecule has 24 heavy (non-hydrogen) atoms. The monoisotopic (exact) mass is 344 g/mol. The van der Waals surface area contributed by atoms with Crippen LogP contribution in [0.4, 0.5) is 5.95 Å². The van der Waals surface area contributed by atoms with E-state index >= 15 is 0 Å². The van der Waals surface area contributed by atoms with Gasteiger partial charge in [0.1, 0.15) is 0 Å². The van der Waals surface area contributed by atoms with Crippen molar-refractivity contribution in [2.75, 3.05) is 18.0 Å². The number of anilines is 1. The van der Waals surface area contributed by atoms with Crippen LogP contribution in [0.3, 0.4) is 0 Å². The van der Waals surface area contributed by atoms with Gasteiger partial charge >= 0.3 is 0 Å². The highest BCUT2D eigenvalue weighted by atomic mass is 32.1. The molecule has 1 amide bonds. The van der Waals surface area contributed by atoms with Crippen LogP contribution < -0.4 is 10.2 Å². The summed E-state index contributed by atoms with van der Waals surface area (Å²) in [4.78, 5) is 24.8. The molecule has 3 heterocycles. The first kappa shape index (κ1) is 16.9. The smallest absolute Gasteiger partial charge is 0.225 e. The van der Waals surface area contributed by atoms with E-state index in [-0.39, 0.29) is 17.9 Å². The molecule has 2 aromatic rings. The van der Waals surface area contributed by atoms with Gasteiger partial charge in [-0.05, 0) is 36.3 Å². The van der Waals surface area contributed by atoms with Crippen LogP contribution in [0.5, 0.6) is 0 Å². The Kier molecular flexibility index (Phi) is 5.45. The maximum atomic E-state index is 12.8. The SMILES string of the molecule is CC(C)[C@@H](NC(=O)[C@H]1CCCN(c2ncccn2)C1)c1cccs1. The maximum absolute atomic E-state index is 12.8. The fourth-order valence-corrected chi connectivity index (χ4v) is 4.08. The summed E-state index contributed by atoms with van der Waals surface area (Å²) < 4.78 is 0. The number of nitrogens with one attached hydrogen (secondary N) is 1. The highest BCUT2D eigenvalue weighted by molar-refractivity contribution is 7.10. The topological polar surface area (TPSA) is 58.1 Å². The zero-order chi connectivity index (χ0) is 16.9. The maximum Gasteiger partial charge on any atom is 0.225 e. The van der Waals surface area contributed by atoms with Gasteiger partial charge in [0.2, 0.25) is 11.9 Å². The first-order chi connectivity index (χ1) is 11.6. The number of hydrogen-bond donors (Lipinski definition) is 1.